The van der Waals surface area contributed by atoms with Crippen LogP contribution in [0.15, 0.2) is 54.6 Å². The lowest BCUT2D eigenvalue weighted by Crippen LogP contribution is -2.51. The van der Waals surface area contributed by atoms with Crippen LogP contribution in [0.25, 0.3) is 0 Å². The minimum atomic E-state index is 0. The molecule has 1 heterocycles. The SMILES string of the molecule is Cl.Cl.Clc1ccc(CC(c2ccccc2)N2CCN(C3CCCCC3)CC2)cc1. The van der Waals surface area contributed by atoms with Crippen LogP contribution >= 0.6 is 36.4 Å². The van der Waals surface area contributed by atoms with Crippen molar-refractivity contribution in [3.63, 3.8) is 0 Å². The Morgan fingerprint density at radius 2 is 1.41 bits per heavy atom. The Morgan fingerprint density at radius 3 is 2.03 bits per heavy atom. The Labute approximate surface area is 193 Å². The van der Waals surface area contributed by atoms with Crippen LogP contribution in [-0.2, 0) is 6.42 Å². The summed E-state index contributed by atoms with van der Waals surface area (Å²) in [5, 5.41) is 0.816. The summed E-state index contributed by atoms with van der Waals surface area (Å²) in [6.45, 7) is 4.77. The number of halogens is 3. The smallest absolute Gasteiger partial charge is 0.0406 e. The van der Waals surface area contributed by atoms with Gasteiger partial charge in [-0.15, -0.1) is 24.8 Å². The molecule has 2 fully saturated rings. The van der Waals surface area contributed by atoms with Crippen molar-refractivity contribution in [2.24, 2.45) is 0 Å². The van der Waals surface area contributed by atoms with Crippen LogP contribution in [0.1, 0.15) is 49.3 Å². The van der Waals surface area contributed by atoms with E-state index in [0.717, 1.165) is 17.5 Å². The molecule has 2 aromatic rings. The van der Waals surface area contributed by atoms with E-state index < -0.39 is 0 Å². The van der Waals surface area contributed by atoms with Crippen molar-refractivity contribution in [3.8, 4) is 0 Å². The monoisotopic (exact) mass is 454 g/mol. The standard InChI is InChI=1S/C24H31ClN2.2ClH/c25-22-13-11-20(12-14-22)19-24(21-7-3-1-4-8-21)27-17-15-26(16-18-27)23-9-5-2-6-10-23;;/h1,3-4,7-8,11-14,23-24H,2,5-6,9-10,15-19H2;2*1H. The van der Waals surface area contributed by atoms with E-state index in [1.165, 1.54) is 69.4 Å². The number of hydrogen-bond donors (Lipinski definition) is 0. The van der Waals surface area contributed by atoms with Gasteiger partial charge < -0.3 is 0 Å². The highest BCUT2D eigenvalue weighted by atomic mass is 35.5. The van der Waals surface area contributed by atoms with Crippen LogP contribution in [-0.4, -0.2) is 42.0 Å². The molecule has 0 N–H and O–H groups in total. The number of benzene rings is 2. The third kappa shape index (κ3) is 6.60. The van der Waals surface area contributed by atoms with Crippen LogP contribution in [0.4, 0.5) is 0 Å². The topological polar surface area (TPSA) is 6.48 Å². The zero-order valence-corrected chi connectivity index (χ0v) is 19.4. The second-order valence-electron chi connectivity index (χ2n) is 8.12. The van der Waals surface area contributed by atoms with Gasteiger partial charge in [-0.05, 0) is 42.5 Å². The molecule has 1 saturated heterocycles. The van der Waals surface area contributed by atoms with Crippen LogP contribution < -0.4 is 0 Å². The molecule has 0 amide bonds. The summed E-state index contributed by atoms with van der Waals surface area (Å²) in [6, 6.07) is 20.7. The lowest BCUT2D eigenvalue weighted by Gasteiger charge is -2.43. The van der Waals surface area contributed by atoms with E-state index in [2.05, 4.69) is 52.3 Å². The van der Waals surface area contributed by atoms with Gasteiger partial charge in [0.1, 0.15) is 0 Å². The third-order valence-corrected chi connectivity index (χ3v) is 6.66. The summed E-state index contributed by atoms with van der Waals surface area (Å²) in [7, 11) is 0. The van der Waals surface area contributed by atoms with Gasteiger partial charge in [-0.1, -0.05) is 73.3 Å². The molecule has 1 atom stereocenters. The highest BCUT2D eigenvalue weighted by molar-refractivity contribution is 6.30. The number of rotatable bonds is 5. The molecule has 4 rings (SSSR count). The quantitative estimate of drug-likeness (QED) is 0.513. The third-order valence-electron chi connectivity index (χ3n) is 6.41. The lowest BCUT2D eigenvalue weighted by atomic mass is 9.93. The molecular formula is C24H33Cl3N2. The first-order valence-corrected chi connectivity index (χ1v) is 10.9. The number of nitrogens with zero attached hydrogens (tertiary/aromatic N) is 2. The maximum Gasteiger partial charge on any atom is 0.0406 e. The van der Waals surface area contributed by atoms with E-state index in [9.17, 15) is 0 Å². The fourth-order valence-corrected chi connectivity index (χ4v) is 4.96. The molecule has 2 aliphatic rings. The Kier molecular flexibility index (Phi) is 10.3. The van der Waals surface area contributed by atoms with Gasteiger partial charge in [0.25, 0.3) is 0 Å². The Balaban J connectivity index is 0.00000150. The summed E-state index contributed by atoms with van der Waals surface area (Å²) >= 11 is 6.09. The van der Waals surface area contributed by atoms with Crippen LogP contribution in [0.2, 0.25) is 5.02 Å². The van der Waals surface area contributed by atoms with Gasteiger partial charge >= 0.3 is 0 Å². The molecule has 160 valence electrons. The maximum atomic E-state index is 6.09. The van der Waals surface area contributed by atoms with Gasteiger partial charge in [0.2, 0.25) is 0 Å². The van der Waals surface area contributed by atoms with Gasteiger partial charge in [-0.25, -0.2) is 0 Å². The summed E-state index contributed by atoms with van der Waals surface area (Å²) < 4.78 is 0. The molecular weight excluding hydrogens is 423 g/mol. The van der Waals surface area contributed by atoms with Gasteiger partial charge in [-0.2, -0.15) is 0 Å². The molecule has 0 spiro atoms. The van der Waals surface area contributed by atoms with Gasteiger partial charge in [0.15, 0.2) is 0 Å². The highest BCUT2D eigenvalue weighted by Crippen LogP contribution is 2.29. The summed E-state index contributed by atoms with van der Waals surface area (Å²) in [6.07, 6.45) is 8.15. The predicted octanol–water partition coefficient (Wildman–Crippen LogP) is 6.42. The molecule has 0 aromatic heterocycles. The number of hydrogen-bond acceptors (Lipinski definition) is 2. The van der Waals surface area contributed by atoms with Crippen LogP contribution in [0, 0.1) is 0 Å². The van der Waals surface area contributed by atoms with E-state index in [1.54, 1.807) is 0 Å². The van der Waals surface area contributed by atoms with Gasteiger partial charge in [-0.3, -0.25) is 9.80 Å². The molecule has 0 radical (unpaired) electrons. The van der Waals surface area contributed by atoms with E-state index in [0.29, 0.717) is 6.04 Å². The molecule has 1 saturated carbocycles. The first-order chi connectivity index (χ1) is 13.3. The highest BCUT2D eigenvalue weighted by Gasteiger charge is 2.29. The van der Waals surface area contributed by atoms with Gasteiger partial charge in [0.05, 0.1) is 0 Å². The van der Waals surface area contributed by atoms with Crippen molar-refractivity contribution in [1.82, 2.24) is 9.80 Å². The maximum absolute atomic E-state index is 6.09. The summed E-state index contributed by atoms with van der Waals surface area (Å²) in [4.78, 5) is 5.46. The molecule has 5 heteroatoms. The lowest BCUT2D eigenvalue weighted by molar-refractivity contribution is 0.0559. The minimum Gasteiger partial charge on any atom is -0.298 e. The van der Waals surface area contributed by atoms with Crippen molar-refractivity contribution >= 4 is 36.4 Å². The second kappa shape index (κ2) is 12.2. The predicted molar refractivity (Wildman–Crippen MR) is 129 cm³/mol. The molecule has 2 aromatic carbocycles. The van der Waals surface area contributed by atoms with Crippen molar-refractivity contribution in [2.75, 3.05) is 26.2 Å². The first-order valence-electron chi connectivity index (χ1n) is 10.6. The molecule has 1 aliphatic heterocycles. The largest absolute Gasteiger partial charge is 0.298 e. The van der Waals surface area contributed by atoms with Gasteiger partial charge in [0, 0.05) is 43.3 Å². The van der Waals surface area contributed by atoms with Crippen LogP contribution in [0.5, 0.6) is 0 Å². The molecule has 1 aliphatic carbocycles. The van der Waals surface area contributed by atoms with Crippen molar-refractivity contribution < 1.29 is 0 Å². The zero-order valence-electron chi connectivity index (χ0n) is 17.0. The normalized spacial score (nSPS) is 19.8. The van der Waals surface area contributed by atoms with E-state index in [1.807, 2.05) is 12.1 Å². The van der Waals surface area contributed by atoms with E-state index in [4.69, 9.17) is 11.6 Å². The first kappa shape index (κ1) is 24.5. The Morgan fingerprint density at radius 1 is 0.793 bits per heavy atom. The zero-order chi connectivity index (χ0) is 18.5. The average Bonchev–Trinajstić information content (AvgIpc) is 2.75. The fraction of sp³-hybridized carbons (Fsp3) is 0.500. The fourth-order valence-electron chi connectivity index (χ4n) is 4.84. The van der Waals surface area contributed by atoms with Crippen molar-refractivity contribution in [3.05, 3.63) is 70.7 Å². The molecule has 29 heavy (non-hydrogen) atoms. The Bertz CT molecular complexity index is 694. The van der Waals surface area contributed by atoms with Crippen molar-refractivity contribution in [2.45, 2.75) is 50.6 Å². The molecule has 2 nitrogen and oxygen atoms in total. The second-order valence-corrected chi connectivity index (χ2v) is 8.56. The summed E-state index contributed by atoms with van der Waals surface area (Å²) in [5.41, 5.74) is 2.79. The summed E-state index contributed by atoms with van der Waals surface area (Å²) in [5.74, 6) is 0. The van der Waals surface area contributed by atoms with E-state index >= 15 is 0 Å². The minimum absolute atomic E-state index is 0. The van der Waals surface area contributed by atoms with Crippen LogP contribution in [0.3, 0.4) is 0 Å². The molecule has 1 unspecified atom stereocenters. The Hall–Kier alpha value is -0.770. The van der Waals surface area contributed by atoms with Crippen molar-refractivity contribution in [1.29, 1.82) is 0 Å². The number of piperazine rings is 1. The van der Waals surface area contributed by atoms with E-state index in [-0.39, 0.29) is 24.8 Å². The molecule has 0 bridgehead atoms. The average molecular weight is 456 g/mol.